The summed E-state index contributed by atoms with van der Waals surface area (Å²) < 4.78 is 18.9. The highest BCUT2D eigenvalue weighted by atomic mass is 35.5. The largest absolute Gasteiger partial charge is 0.507 e. The van der Waals surface area contributed by atoms with Crippen LogP contribution in [0.15, 0.2) is 54.1 Å². The number of Topliss-reactive ketones (excluding diaryl/α,β-unsaturated/α-hetero) is 1. The molecule has 0 aliphatic carbocycles. The van der Waals surface area contributed by atoms with Gasteiger partial charge in [0.05, 0.1) is 24.8 Å². The zero-order valence-corrected chi connectivity index (χ0v) is 18.2. The minimum Gasteiger partial charge on any atom is -0.507 e. The average Bonchev–Trinajstić information content (AvgIpc) is 3.05. The molecule has 0 unspecified atom stereocenters. The minimum atomic E-state index is -0.795. The molecule has 2 aliphatic rings. The number of amides is 1. The number of halogens is 2. The Morgan fingerprint density at radius 1 is 1.03 bits per heavy atom. The first-order chi connectivity index (χ1) is 15.5. The molecule has 1 N–H and O–H groups in total. The Morgan fingerprint density at radius 3 is 2.34 bits per heavy atom. The Hall–Kier alpha value is -2.74. The van der Waals surface area contributed by atoms with Crippen LogP contribution in [-0.4, -0.2) is 66.0 Å². The molecule has 2 aliphatic heterocycles. The van der Waals surface area contributed by atoms with E-state index in [1.165, 1.54) is 29.2 Å². The summed E-state index contributed by atoms with van der Waals surface area (Å²) in [6.45, 7) is 4.12. The van der Waals surface area contributed by atoms with E-state index in [9.17, 15) is 19.1 Å². The van der Waals surface area contributed by atoms with Crippen LogP contribution in [0.25, 0.3) is 5.76 Å². The van der Waals surface area contributed by atoms with E-state index >= 15 is 0 Å². The van der Waals surface area contributed by atoms with Gasteiger partial charge < -0.3 is 14.7 Å². The number of nitrogens with zero attached hydrogens (tertiary/aromatic N) is 2. The molecule has 0 saturated carbocycles. The number of hydrogen-bond acceptors (Lipinski definition) is 5. The summed E-state index contributed by atoms with van der Waals surface area (Å²) in [5, 5.41) is 11.5. The number of aliphatic hydroxyl groups is 1. The van der Waals surface area contributed by atoms with Crippen LogP contribution in [0.2, 0.25) is 5.02 Å². The van der Waals surface area contributed by atoms with Crippen molar-refractivity contribution in [3.8, 4) is 0 Å². The molecule has 4 rings (SSSR count). The lowest BCUT2D eigenvalue weighted by Gasteiger charge is -2.29. The Labute approximate surface area is 190 Å². The van der Waals surface area contributed by atoms with Crippen molar-refractivity contribution in [2.24, 2.45) is 0 Å². The molecule has 168 valence electrons. The van der Waals surface area contributed by atoms with Gasteiger partial charge in [-0.15, -0.1) is 0 Å². The predicted molar refractivity (Wildman–Crippen MR) is 119 cm³/mol. The molecule has 2 aromatic rings. The number of hydrogen-bond donors (Lipinski definition) is 1. The maximum atomic E-state index is 13.6. The monoisotopic (exact) mass is 458 g/mol. The topological polar surface area (TPSA) is 70.1 Å². The van der Waals surface area contributed by atoms with Gasteiger partial charge in [-0.3, -0.25) is 14.5 Å². The van der Waals surface area contributed by atoms with Crippen LogP contribution >= 0.6 is 11.6 Å². The molecule has 2 saturated heterocycles. The van der Waals surface area contributed by atoms with Crippen LogP contribution in [0.4, 0.5) is 4.39 Å². The molecule has 0 spiro atoms. The molecule has 1 amide bonds. The van der Waals surface area contributed by atoms with Crippen LogP contribution in [0.5, 0.6) is 0 Å². The highest BCUT2D eigenvalue weighted by Crippen LogP contribution is 2.39. The van der Waals surface area contributed by atoms with Crippen molar-refractivity contribution in [1.29, 1.82) is 0 Å². The van der Waals surface area contributed by atoms with Gasteiger partial charge in [0.2, 0.25) is 0 Å². The van der Waals surface area contributed by atoms with E-state index in [0.29, 0.717) is 42.3 Å². The van der Waals surface area contributed by atoms with E-state index < -0.39 is 23.5 Å². The first-order valence-corrected chi connectivity index (χ1v) is 10.9. The minimum absolute atomic E-state index is 0.00435. The Kier molecular flexibility index (Phi) is 6.89. The number of benzene rings is 2. The number of ketones is 1. The summed E-state index contributed by atoms with van der Waals surface area (Å²) in [4.78, 5) is 29.6. The second-order valence-corrected chi connectivity index (χ2v) is 8.29. The highest BCUT2D eigenvalue weighted by molar-refractivity contribution is 6.46. The van der Waals surface area contributed by atoms with Gasteiger partial charge in [-0.1, -0.05) is 23.7 Å². The van der Waals surface area contributed by atoms with Gasteiger partial charge in [0, 0.05) is 36.8 Å². The summed E-state index contributed by atoms with van der Waals surface area (Å²) in [7, 11) is 0. The lowest BCUT2D eigenvalue weighted by atomic mass is 9.95. The first-order valence-electron chi connectivity index (χ1n) is 10.6. The predicted octanol–water partition coefficient (Wildman–Crippen LogP) is 3.62. The maximum Gasteiger partial charge on any atom is 0.295 e. The molecule has 2 heterocycles. The Bertz CT molecular complexity index is 1020. The summed E-state index contributed by atoms with van der Waals surface area (Å²) in [5.41, 5.74) is 0.940. The number of ether oxygens (including phenoxy) is 1. The number of rotatable bonds is 6. The van der Waals surface area contributed by atoms with Gasteiger partial charge in [-0.05, 0) is 48.4 Å². The third kappa shape index (κ3) is 4.70. The third-order valence-corrected chi connectivity index (χ3v) is 6.07. The van der Waals surface area contributed by atoms with E-state index in [2.05, 4.69) is 4.90 Å². The molecule has 0 aromatic heterocycles. The van der Waals surface area contributed by atoms with E-state index in [1.807, 2.05) is 0 Å². The fourth-order valence-corrected chi connectivity index (χ4v) is 4.28. The highest BCUT2D eigenvalue weighted by Gasteiger charge is 2.45. The van der Waals surface area contributed by atoms with Crippen molar-refractivity contribution >= 4 is 29.1 Å². The zero-order valence-electron chi connectivity index (χ0n) is 17.5. The summed E-state index contributed by atoms with van der Waals surface area (Å²) in [6.07, 6.45) is 0.658. The zero-order chi connectivity index (χ0) is 22.7. The van der Waals surface area contributed by atoms with Crippen LogP contribution in [0, 0.1) is 5.82 Å². The molecule has 1 atom stereocenters. The van der Waals surface area contributed by atoms with E-state index in [4.69, 9.17) is 16.3 Å². The quantitative estimate of drug-likeness (QED) is 0.407. The Balaban J connectivity index is 1.66. The van der Waals surface area contributed by atoms with Crippen LogP contribution in [0.1, 0.15) is 23.6 Å². The molecule has 0 radical (unpaired) electrons. The van der Waals surface area contributed by atoms with E-state index in [1.54, 1.807) is 24.3 Å². The van der Waals surface area contributed by atoms with Crippen LogP contribution in [-0.2, 0) is 14.3 Å². The van der Waals surface area contributed by atoms with Crippen molar-refractivity contribution < 1.29 is 23.8 Å². The van der Waals surface area contributed by atoms with Gasteiger partial charge in [-0.25, -0.2) is 4.39 Å². The lowest BCUT2D eigenvalue weighted by Crippen LogP contribution is -2.38. The fraction of sp³-hybridized carbons (Fsp3) is 0.333. The SMILES string of the molecule is O=C1C(=O)N(CCCN2CCOCC2)[C@H](c2ccc(F)cc2)C1=C(O)c1ccc(Cl)cc1. The second-order valence-electron chi connectivity index (χ2n) is 7.86. The molecule has 2 aromatic carbocycles. The molecule has 2 fully saturated rings. The van der Waals surface area contributed by atoms with Crippen molar-refractivity contribution in [3.63, 3.8) is 0 Å². The fourth-order valence-electron chi connectivity index (χ4n) is 4.15. The van der Waals surface area contributed by atoms with Gasteiger partial charge in [-0.2, -0.15) is 0 Å². The maximum absolute atomic E-state index is 13.6. The summed E-state index contributed by atoms with van der Waals surface area (Å²) >= 11 is 5.94. The van der Waals surface area contributed by atoms with E-state index in [-0.39, 0.29) is 11.3 Å². The van der Waals surface area contributed by atoms with E-state index in [0.717, 1.165) is 19.6 Å². The average molecular weight is 459 g/mol. The summed E-state index contributed by atoms with van der Waals surface area (Å²) in [5.74, 6) is -2.12. The molecule has 32 heavy (non-hydrogen) atoms. The molecular weight excluding hydrogens is 435 g/mol. The van der Waals surface area contributed by atoms with Crippen molar-refractivity contribution in [1.82, 2.24) is 9.80 Å². The van der Waals surface area contributed by atoms with Crippen LogP contribution < -0.4 is 0 Å². The molecular formula is C24H24ClFN2O4. The van der Waals surface area contributed by atoms with Gasteiger partial charge >= 0.3 is 0 Å². The number of carbonyl (C=O) groups is 2. The van der Waals surface area contributed by atoms with Gasteiger partial charge in [0.15, 0.2) is 0 Å². The van der Waals surface area contributed by atoms with Crippen molar-refractivity contribution in [2.45, 2.75) is 12.5 Å². The van der Waals surface area contributed by atoms with Crippen LogP contribution in [0.3, 0.4) is 0 Å². The number of carbonyl (C=O) groups excluding carboxylic acids is 2. The van der Waals surface area contributed by atoms with Gasteiger partial charge in [0.25, 0.3) is 11.7 Å². The molecule has 8 heteroatoms. The smallest absolute Gasteiger partial charge is 0.295 e. The van der Waals surface area contributed by atoms with Crippen molar-refractivity contribution in [2.75, 3.05) is 39.4 Å². The first kappa shape index (κ1) is 22.5. The number of likely N-dealkylation sites (tertiary alicyclic amines) is 1. The lowest BCUT2D eigenvalue weighted by molar-refractivity contribution is -0.140. The number of aliphatic hydroxyl groups excluding tert-OH is 1. The van der Waals surface area contributed by atoms with Crippen molar-refractivity contribution in [3.05, 3.63) is 76.1 Å². The Morgan fingerprint density at radius 2 is 1.69 bits per heavy atom. The normalized spacial score (nSPS) is 21.3. The molecule has 0 bridgehead atoms. The number of morpholine rings is 1. The van der Waals surface area contributed by atoms with Gasteiger partial charge in [0.1, 0.15) is 11.6 Å². The third-order valence-electron chi connectivity index (χ3n) is 5.82. The second kappa shape index (κ2) is 9.81. The summed E-state index contributed by atoms with van der Waals surface area (Å²) in [6, 6.07) is 11.2. The standard InChI is InChI=1S/C24H24ClFN2O4/c25-18-6-2-17(3-7-18)22(29)20-21(16-4-8-19(26)9-5-16)28(24(31)23(20)30)11-1-10-27-12-14-32-15-13-27/h2-9,21,29H,1,10-15H2/t21-/m1/s1. The molecule has 6 nitrogen and oxygen atoms in total.